The Labute approximate surface area is 77.9 Å². The molecule has 0 spiro atoms. The second-order valence-corrected chi connectivity index (χ2v) is 3.59. The van der Waals surface area contributed by atoms with Gasteiger partial charge in [0.05, 0.1) is 0 Å². The topological polar surface area (TPSA) is 37.3 Å². The van der Waals surface area contributed by atoms with Crippen molar-refractivity contribution in [2.75, 3.05) is 0 Å². The minimum absolute atomic E-state index is 0.166. The van der Waals surface area contributed by atoms with E-state index in [1.54, 1.807) is 12.1 Å². The average Bonchev–Trinajstić information content (AvgIpc) is 2.14. The number of rotatable bonds is 2. The zero-order valence-corrected chi connectivity index (χ0v) is 7.95. The van der Waals surface area contributed by atoms with Crippen LogP contribution < -0.4 is 5.43 Å². The van der Waals surface area contributed by atoms with Gasteiger partial charge in [-0.25, -0.2) is 0 Å². The van der Waals surface area contributed by atoms with Crippen LogP contribution in [-0.2, 0) is 6.42 Å². The van der Waals surface area contributed by atoms with Crippen LogP contribution in [0.5, 0.6) is 5.75 Å². The molecule has 0 saturated carbocycles. The lowest BCUT2D eigenvalue weighted by Crippen LogP contribution is -1.94. The molecule has 13 heavy (non-hydrogen) atoms. The molecule has 0 heterocycles. The van der Waals surface area contributed by atoms with Crippen molar-refractivity contribution in [2.45, 2.75) is 20.3 Å². The fourth-order valence-corrected chi connectivity index (χ4v) is 1.24. The van der Waals surface area contributed by atoms with Gasteiger partial charge in [0, 0.05) is 0 Å². The number of hydrogen-bond donors (Lipinski definition) is 1. The van der Waals surface area contributed by atoms with Crippen molar-refractivity contribution in [1.29, 1.82) is 0 Å². The molecule has 0 bridgehead atoms. The molecule has 2 nitrogen and oxygen atoms in total. The van der Waals surface area contributed by atoms with Crippen molar-refractivity contribution in [2.24, 2.45) is 5.92 Å². The van der Waals surface area contributed by atoms with Crippen molar-refractivity contribution >= 4 is 0 Å². The van der Waals surface area contributed by atoms with Gasteiger partial charge in [0.1, 0.15) is 0 Å². The summed E-state index contributed by atoms with van der Waals surface area (Å²) in [6.45, 7) is 4.20. The smallest absolute Gasteiger partial charge is 0.220 e. The first kappa shape index (κ1) is 9.78. The van der Waals surface area contributed by atoms with Crippen LogP contribution in [0.15, 0.2) is 29.1 Å². The lowest BCUT2D eigenvalue weighted by atomic mass is 10.0. The van der Waals surface area contributed by atoms with Gasteiger partial charge in [-0.05, 0) is 30.0 Å². The van der Waals surface area contributed by atoms with Gasteiger partial charge in [0.2, 0.25) is 5.43 Å². The lowest BCUT2D eigenvalue weighted by Gasteiger charge is -2.01. The average molecular weight is 178 g/mol. The van der Waals surface area contributed by atoms with E-state index in [4.69, 9.17) is 0 Å². The molecule has 0 saturated heterocycles. The maximum atomic E-state index is 11.0. The highest BCUT2D eigenvalue weighted by Gasteiger charge is 1.99. The van der Waals surface area contributed by atoms with Crippen LogP contribution in [0.1, 0.15) is 19.4 Å². The summed E-state index contributed by atoms with van der Waals surface area (Å²) in [5.41, 5.74) is 0.671. The van der Waals surface area contributed by atoms with Crippen molar-refractivity contribution < 1.29 is 5.11 Å². The Balaban J connectivity index is 3.06. The van der Waals surface area contributed by atoms with E-state index >= 15 is 0 Å². The molecule has 1 aromatic carbocycles. The predicted octanol–water partition coefficient (Wildman–Crippen LogP) is 1.95. The van der Waals surface area contributed by atoms with E-state index < -0.39 is 0 Å². The Morgan fingerprint density at radius 1 is 1.38 bits per heavy atom. The van der Waals surface area contributed by atoms with Crippen molar-refractivity contribution in [3.8, 4) is 5.75 Å². The van der Waals surface area contributed by atoms with E-state index in [-0.39, 0.29) is 11.2 Å². The van der Waals surface area contributed by atoms with Gasteiger partial charge < -0.3 is 5.11 Å². The highest BCUT2D eigenvalue weighted by atomic mass is 16.3. The van der Waals surface area contributed by atoms with Crippen LogP contribution in [0.2, 0.25) is 0 Å². The molecule has 0 aliphatic carbocycles. The van der Waals surface area contributed by atoms with Crippen molar-refractivity contribution in [1.82, 2.24) is 0 Å². The number of hydrogen-bond acceptors (Lipinski definition) is 2. The van der Waals surface area contributed by atoms with Crippen LogP contribution in [0.25, 0.3) is 0 Å². The van der Waals surface area contributed by atoms with Gasteiger partial charge in [-0.2, -0.15) is 0 Å². The summed E-state index contributed by atoms with van der Waals surface area (Å²) < 4.78 is 0. The van der Waals surface area contributed by atoms with E-state index in [0.29, 0.717) is 5.92 Å². The van der Waals surface area contributed by atoms with Gasteiger partial charge in [-0.3, -0.25) is 4.79 Å². The molecule has 0 aromatic heterocycles. The monoisotopic (exact) mass is 178 g/mol. The summed E-state index contributed by atoms with van der Waals surface area (Å²) in [6, 6.07) is 6.46. The van der Waals surface area contributed by atoms with Crippen LogP contribution in [0.4, 0.5) is 0 Å². The predicted molar refractivity (Wildman–Crippen MR) is 52.9 cm³/mol. The van der Waals surface area contributed by atoms with Gasteiger partial charge in [0.15, 0.2) is 5.75 Å². The van der Waals surface area contributed by atoms with Gasteiger partial charge in [-0.1, -0.05) is 26.0 Å². The van der Waals surface area contributed by atoms with Gasteiger partial charge >= 0.3 is 0 Å². The Bertz CT molecular complexity index is 342. The summed E-state index contributed by atoms with van der Waals surface area (Å²) in [5.74, 6) is 0.359. The first-order chi connectivity index (χ1) is 6.09. The van der Waals surface area contributed by atoms with E-state index in [0.717, 1.165) is 12.0 Å². The fraction of sp³-hybridized carbons (Fsp3) is 0.364. The first-order valence-electron chi connectivity index (χ1n) is 4.42. The molecule has 0 fully saturated rings. The van der Waals surface area contributed by atoms with Crippen molar-refractivity contribution in [3.63, 3.8) is 0 Å². The van der Waals surface area contributed by atoms with Crippen LogP contribution in [0, 0.1) is 5.92 Å². The van der Waals surface area contributed by atoms with Crippen LogP contribution in [-0.4, -0.2) is 5.11 Å². The Morgan fingerprint density at radius 3 is 2.69 bits per heavy atom. The third-order valence-electron chi connectivity index (χ3n) is 1.78. The van der Waals surface area contributed by atoms with Gasteiger partial charge in [0.25, 0.3) is 0 Å². The SMILES string of the molecule is CC(C)Cc1cccc(=O)c(O)c1. The Morgan fingerprint density at radius 2 is 2.08 bits per heavy atom. The Hall–Kier alpha value is -1.31. The van der Waals surface area contributed by atoms with E-state index in [1.807, 2.05) is 6.07 Å². The highest BCUT2D eigenvalue weighted by Crippen LogP contribution is 2.09. The first-order valence-corrected chi connectivity index (χ1v) is 4.42. The maximum absolute atomic E-state index is 11.0. The lowest BCUT2D eigenvalue weighted by molar-refractivity contribution is 0.470. The zero-order valence-electron chi connectivity index (χ0n) is 7.95. The van der Waals surface area contributed by atoms with E-state index in [2.05, 4.69) is 13.8 Å². The summed E-state index contributed by atoms with van der Waals surface area (Å²) in [5, 5.41) is 9.26. The largest absolute Gasteiger partial charge is 0.504 e. The fourth-order valence-electron chi connectivity index (χ4n) is 1.24. The van der Waals surface area contributed by atoms with Crippen LogP contribution >= 0.6 is 0 Å². The zero-order chi connectivity index (χ0) is 9.84. The molecule has 1 N–H and O–H groups in total. The molecule has 0 aliphatic heterocycles. The molecule has 2 heteroatoms. The molecule has 1 rings (SSSR count). The molecule has 0 amide bonds. The maximum Gasteiger partial charge on any atom is 0.220 e. The summed E-state index contributed by atoms with van der Waals surface area (Å²) in [7, 11) is 0. The molecule has 0 atom stereocenters. The standard InChI is InChI=1S/C11H14O2/c1-8(2)6-9-4-3-5-10(12)11(13)7-9/h3-5,7-8H,6H2,1-2H3,(H,12,13). The summed E-state index contributed by atoms with van der Waals surface area (Å²) >= 11 is 0. The highest BCUT2D eigenvalue weighted by molar-refractivity contribution is 5.25. The third kappa shape index (κ3) is 2.90. The second-order valence-electron chi connectivity index (χ2n) is 3.59. The minimum atomic E-state index is -0.324. The molecular weight excluding hydrogens is 164 g/mol. The molecule has 1 aromatic rings. The van der Waals surface area contributed by atoms with Crippen molar-refractivity contribution in [3.05, 3.63) is 40.1 Å². The minimum Gasteiger partial charge on any atom is -0.504 e. The summed E-state index contributed by atoms with van der Waals surface area (Å²) in [6.07, 6.45) is 0.877. The molecular formula is C11H14O2. The second kappa shape index (κ2) is 4.08. The van der Waals surface area contributed by atoms with E-state index in [9.17, 15) is 9.90 Å². The van der Waals surface area contributed by atoms with Crippen LogP contribution in [0.3, 0.4) is 0 Å². The Kier molecular flexibility index (Phi) is 3.07. The molecule has 70 valence electrons. The normalized spacial score (nSPS) is 10.4. The van der Waals surface area contributed by atoms with E-state index in [1.165, 1.54) is 6.07 Å². The summed E-state index contributed by atoms with van der Waals surface area (Å²) in [4.78, 5) is 11.0. The molecule has 0 radical (unpaired) electrons. The number of aromatic hydroxyl groups is 1. The molecule has 0 aliphatic rings. The quantitative estimate of drug-likeness (QED) is 0.751. The third-order valence-corrected chi connectivity index (χ3v) is 1.78. The molecule has 0 unspecified atom stereocenters. The van der Waals surface area contributed by atoms with Gasteiger partial charge in [-0.15, -0.1) is 0 Å².